The first-order valence-electron chi connectivity index (χ1n) is 12.4. The van der Waals surface area contributed by atoms with Gasteiger partial charge in [-0.3, -0.25) is 0 Å². The molecule has 0 unspecified atom stereocenters. The zero-order valence-electron chi connectivity index (χ0n) is 23.4. The van der Waals surface area contributed by atoms with Crippen molar-refractivity contribution in [3.8, 4) is 11.1 Å². The van der Waals surface area contributed by atoms with Gasteiger partial charge in [0.05, 0.1) is 17.8 Å². The Morgan fingerprint density at radius 1 is 0.667 bits per heavy atom. The highest BCUT2D eigenvalue weighted by Gasteiger charge is 2.04. The Hall–Kier alpha value is -2.31. The molecule has 4 aromatic rings. The van der Waals surface area contributed by atoms with Crippen LogP contribution in [0.5, 0.6) is 0 Å². The largest absolute Gasteiger partial charge is 0.0843 e. The summed E-state index contributed by atoms with van der Waals surface area (Å²) < 4.78 is 108. The Labute approximate surface area is 146 Å². The molecule has 0 saturated carbocycles. The van der Waals surface area contributed by atoms with Gasteiger partial charge in [0, 0.05) is 5.02 Å². The normalized spacial score (nSPS) is 19.8. The molecule has 0 radical (unpaired) electrons. The third kappa shape index (κ3) is 2.18. The van der Waals surface area contributed by atoms with Gasteiger partial charge in [-0.25, -0.2) is 0 Å². The average Bonchev–Trinajstić information content (AvgIpc) is 2.80. The molecule has 0 spiro atoms. The molecule has 21 heavy (non-hydrogen) atoms. The summed E-state index contributed by atoms with van der Waals surface area (Å²) in [6.45, 7) is 0. The van der Waals surface area contributed by atoms with Gasteiger partial charge in [-0.2, -0.15) is 0 Å². The van der Waals surface area contributed by atoms with Crippen molar-refractivity contribution < 1.29 is 17.8 Å². The number of benzene rings is 4. The first kappa shape index (κ1) is 4.86. The predicted molar refractivity (Wildman–Crippen MR) is 91.9 cm³/mol. The number of hydrogen-bond acceptors (Lipinski definition) is 0. The number of fused-ring (bicyclic) bond motifs is 2. The van der Waals surface area contributed by atoms with Gasteiger partial charge in [-0.05, 0) is 50.8 Å². The third-order valence-corrected chi connectivity index (χ3v) is 3.10. The highest BCUT2D eigenvalue weighted by atomic mass is 35.5. The van der Waals surface area contributed by atoms with Crippen molar-refractivity contribution in [3.63, 3.8) is 0 Å². The lowest BCUT2D eigenvalue weighted by Crippen LogP contribution is -1.82. The topological polar surface area (TPSA) is 0 Å². The maximum Gasteiger partial charge on any atom is 0.0645 e. The lowest BCUT2D eigenvalue weighted by molar-refractivity contribution is 1.68. The van der Waals surface area contributed by atoms with Crippen molar-refractivity contribution in [2.24, 2.45) is 0 Å². The van der Waals surface area contributed by atoms with Crippen molar-refractivity contribution in [2.75, 3.05) is 0 Å². The summed E-state index contributed by atoms with van der Waals surface area (Å²) in [4.78, 5) is 0. The molecule has 100 valence electrons. The molecule has 0 atom stereocenters. The van der Waals surface area contributed by atoms with Crippen LogP contribution in [0.15, 0.2) is 78.6 Å². The molecule has 1 heteroatoms. The van der Waals surface area contributed by atoms with Gasteiger partial charge in [0.15, 0.2) is 0 Å². The fourth-order valence-corrected chi connectivity index (χ4v) is 2.12. The molecule has 0 aliphatic carbocycles. The lowest BCUT2D eigenvalue weighted by Gasteiger charge is -2.08. The molecule has 0 heterocycles. The van der Waals surface area contributed by atoms with Crippen LogP contribution in [0.25, 0.3) is 32.7 Å². The molecule has 4 rings (SSSR count). The van der Waals surface area contributed by atoms with E-state index in [-0.39, 0.29) is 21.5 Å². The third-order valence-electron chi connectivity index (χ3n) is 2.91. The summed E-state index contributed by atoms with van der Waals surface area (Å²) in [6, 6.07) is -8.27. The minimum absolute atomic E-state index is 0.314. The van der Waals surface area contributed by atoms with Crippen LogP contribution in [-0.2, 0) is 0 Å². The quantitative estimate of drug-likeness (QED) is 0.386. The maximum absolute atomic E-state index is 8.72. The lowest BCUT2D eigenvalue weighted by atomic mass is 9.96. The van der Waals surface area contributed by atoms with Crippen molar-refractivity contribution in [1.82, 2.24) is 0 Å². The van der Waals surface area contributed by atoms with Crippen LogP contribution < -0.4 is 0 Å². The fraction of sp³-hybridized carbons (Fsp3) is 0. The van der Waals surface area contributed by atoms with E-state index in [2.05, 4.69) is 0 Å². The Kier molecular flexibility index (Phi) is 1.14. The van der Waals surface area contributed by atoms with Crippen LogP contribution in [0.1, 0.15) is 17.8 Å². The minimum Gasteiger partial charge on any atom is -0.0843 e. The van der Waals surface area contributed by atoms with E-state index in [4.69, 9.17) is 29.4 Å². The molecular weight excluding hydrogens is 276 g/mol. The fourth-order valence-electron chi connectivity index (χ4n) is 1.98. The van der Waals surface area contributed by atoms with Gasteiger partial charge in [0.2, 0.25) is 0 Å². The van der Waals surface area contributed by atoms with Gasteiger partial charge in [0.1, 0.15) is 0 Å². The summed E-state index contributed by atoms with van der Waals surface area (Å²) in [5.41, 5.74) is -0.901. The van der Waals surface area contributed by atoms with E-state index in [1.165, 1.54) is 0 Å². The van der Waals surface area contributed by atoms with E-state index >= 15 is 0 Å². The van der Waals surface area contributed by atoms with Gasteiger partial charge < -0.3 is 0 Å². The zero-order valence-corrected chi connectivity index (χ0v) is 11.1. The number of rotatable bonds is 1. The molecule has 0 N–H and O–H groups in total. The second-order valence-electron chi connectivity index (χ2n) is 4.19. The van der Waals surface area contributed by atoms with Gasteiger partial charge >= 0.3 is 0 Å². The van der Waals surface area contributed by atoms with E-state index < -0.39 is 94.7 Å². The minimum atomic E-state index is -0.706. The highest BCUT2D eigenvalue weighted by molar-refractivity contribution is 6.31. The number of halogens is 1. The summed E-state index contributed by atoms with van der Waals surface area (Å²) in [7, 11) is 0. The number of hydrogen-bond donors (Lipinski definition) is 0. The molecule has 0 aliphatic heterocycles. The van der Waals surface area contributed by atoms with Crippen molar-refractivity contribution in [2.45, 2.75) is 0 Å². The summed E-state index contributed by atoms with van der Waals surface area (Å²) in [5, 5.41) is -1.84. The van der Waals surface area contributed by atoms with Crippen molar-refractivity contribution >= 4 is 33.1 Å². The summed E-state index contributed by atoms with van der Waals surface area (Å²) >= 11 is 5.95. The van der Waals surface area contributed by atoms with Crippen LogP contribution in [0.2, 0.25) is 5.02 Å². The molecule has 0 aromatic heterocycles. The van der Waals surface area contributed by atoms with Crippen LogP contribution in [-0.4, -0.2) is 0 Å². The molecule has 0 bridgehead atoms. The monoisotopic (exact) mass is 301 g/mol. The smallest absolute Gasteiger partial charge is 0.0645 e. The van der Waals surface area contributed by atoms with Crippen LogP contribution in [0.3, 0.4) is 0 Å². The highest BCUT2D eigenvalue weighted by Crippen LogP contribution is 2.31. The second kappa shape index (κ2) is 4.91. The SMILES string of the molecule is [2H]c1c(-c2c([2H])c([2H])c([2H])c3c([2H])c([2H])c([2H])c([2H])c23)c([2H])c2c([2H])c([2H])c(Cl)c([2H])c2c1[2H]. The zero-order chi connectivity index (χ0) is 25.5. The van der Waals surface area contributed by atoms with E-state index in [0.717, 1.165) is 0 Å². The molecule has 0 aliphatic rings. The molecule has 0 amide bonds. The van der Waals surface area contributed by atoms with Gasteiger partial charge in [0.25, 0.3) is 0 Å². The van der Waals surface area contributed by atoms with Crippen LogP contribution in [0.4, 0.5) is 0 Å². The molecule has 0 saturated heterocycles. The maximum atomic E-state index is 8.72. The van der Waals surface area contributed by atoms with Gasteiger partial charge in [-0.15, -0.1) is 0 Å². The first-order valence-corrected chi connectivity index (χ1v) is 6.32. The molecule has 0 nitrogen and oxygen atoms in total. The van der Waals surface area contributed by atoms with Crippen LogP contribution in [0, 0.1) is 0 Å². The predicted octanol–water partition coefficient (Wildman–Crippen LogP) is 6.31. The van der Waals surface area contributed by atoms with Gasteiger partial charge in [-0.1, -0.05) is 72.0 Å². The van der Waals surface area contributed by atoms with E-state index in [9.17, 15) is 0 Å². The Morgan fingerprint density at radius 3 is 2.38 bits per heavy atom. The molecular formula is C20H13Cl. The Bertz CT molecular complexity index is 1590. The standard InChI is InChI=1S/C20H13Cl/c21-18-11-10-15-12-17(9-8-16(15)13-18)20-7-3-5-14-4-1-2-6-19(14)20/h1-13H/i1D,2D,3D,4D,5D,6D,7D,8D,9D,10D,11D,12D,13D. The molecule has 4 aromatic carbocycles. The Morgan fingerprint density at radius 2 is 1.43 bits per heavy atom. The van der Waals surface area contributed by atoms with Crippen LogP contribution >= 0.6 is 11.6 Å². The van der Waals surface area contributed by atoms with Crippen molar-refractivity contribution in [3.05, 3.63) is 83.6 Å². The first-order chi connectivity index (χ1) is 15.7. The van der Waals surface area contributed by atoms with E-state index in [1.807, 2.05) is 0 Å². The second-order valence-corrected chi connectivity index (χ2v) is 4.57. The van der Waals surface area contributed by atoms with E-state index in [1.54, 1.807) is 0 Å². The van der Waals surface area contributed by atoms with Crippen molar-refractivity contribution in [1.29, 1.82) is 0 Å². The average molecular weight is 302 g/mol. The van der Waals surface area contributed by atoms with E-state index in [0.29, 0.717) is 0 Å². The summed E-state index contributed by atoms with van der Waals surface area (Å²) in [5.74, 6) is 0. The Balaban J connectivity index is 2.39. The summed E-state index contributed by atoms with van der Waals surface area (Å²) in [6.07, 6.45) is 0. The molecule has 0 fully saturated rings.